The van der Waals surface area contributed by atoms with Gasteiger partial charge in [-0.15, -0.1) is 0 Å². The molecule has 0 aliphatic rings. The Morgan fingerprint density at radius 3 is 2.80 bits per heavy atom. The van der Waals surface area contributed by atoms with Crippen molar-refractivity contribution in [1.29, 1.82) is 0 Å². The molecule has 0 atom stereocenters. The minimum Gasteiger partial charge on any atom is -0.494 e. The van der Waals surface area contributed by atoms with Crippen LogP contribution in [0.15, 0.2) is 30.6 Å². The lowest BCUT2D eigenvalue weighted by molar-refractivity contribution is 0.0950. The molecule has 2 N–H and O–H groups in total. The molecule has 106 valence electrons. The van der Waals surface area contributed by atoms with Crippen LogP contribution in [-0.2, 0) is 6.54 Å². The number of rotatable bonds is 7. The standard InChI is InChI=1S/C14H18N4O2/c1-2-3-8-20-12-6-4-11(5-7-12)14(19)15-9-13-16-10-17-18-13/h4-7,10H,2-3,8-9H2,1H3,(H,15,19)(H,16,17,18). The number of aromatic nitrogens is 3. The van der Waals surface area contributed by atoms with E-state index in [1.54, 1.807) is 24.3 Å². The van der Waals surface area contributed by atoms with Gasteiger partial charge in [0, 0.05) is 5.56 Å². The van der Waals surface area contributed by atoms with Crippen molar-refractivity contribution < 1.29 is 9.53 Å². The zero-order valence-corrected chi connectivity index (χ0v) is 11.4. The van der Waals surface area contributed by atoms with Gasteiger partial charge in [0.1, 0.15) is 17.9 Å². The SMILES string of the molecule is CCCCOc1ccc(C(=O)NCc2ncn[nH]2)cc1. The second-order valence-corrected chi connectivity index (χ2v) is 4.34. The first-order valence-electron chi connectivity index (χ1n) is 6.65. The molecule has 0 radical (unpaired) electrons. The summed E-state index contributed by atoms with van der Waals surface area (Å²) in [6.45, 7) is 3.15. The predicted octanol–water partition coefficient (Wildman–Crippen LogP) is 1.91. The number of nitrogens with one attached hydrogen (secondary N) is 2. The number of carbonyl (C=O) groups is 1. The lowest BCUT2D eigenvalue weighted by Gasteiger charge is -2.07. The van der Waals surface area contributed by atoms with Crippen LogP contribution in [0.2, 0.25) is 0 Å². The van der Waals surface area contributed by atoms with Crippen LogP contribution in [0.1, 0.15) is 35.9 Å². The Morgan fingerprint density at radius 1 is 1.35 bits per heavy atom. The van der Waals surface area contributed by atoms with E-state index in [-0.39, 0.29) is 5.91 Å². The third-order valence-electron chi connectivity index (χ3n) is 2.76. The van der Waals surface area contributed by atoms with E-state index in [0.717, 1.165) is 18.6 Å². The highest BCUT2D eigenvalue weighted by Gasteiger charge is 2.06. The van der Waals surface area contributed by atoms with Crippen molar-refractivity contribution in [3.05, 3.63) is 42.0 Å². The van der Waals surface area contributed by atoms with E-state index < -0.39 is 0 Å². The Hall–Kier alpha value is -2.37. The van der Waals surface area contributed by atoms with Crippen molar-refractivity contribution in [2.75, 3.05) is 6.61 Å². The number of hydrogen-bond acceptors (Lipinski definition) is 4. The number of H-pyrrole nitrogens is 1. The van der Waals surface area contributed by atoms with Gasteiger partial charge in [0.2, 0.25) is 0 Å². The number of hydrogen-bond donors (Lipinski definition) is 2. The van der Waals surface area contributed by atoms with Crippen LogP contribution in [0, 0.1) is 0 Å². The van der Waals surface area contributed by atoms with Gasteiger partial charge in [0.25, 0.3) is 5.91 Å². The molecule has 1 aromatic heterocycles. The van der Waals surface area contributed by atoms with Crippen molar-refractivity contribution in [2.24, 2.45) is 0 Å². The molecule has 0 saturated heterocycles. The molecule has 1 amide bonds. The molecule has 20 heavy (non-hydrogen) atoms. The smallest absolute Gasteiger partial charge is 0.251 e. The van der Waals surface area contributed by atoms with Crippen LogP contribution < -0.4 is 10.1 Å². The van der Waals surface area contributed by atoms with Gasteiger partial charge >= 0.3 is 0 Å². The Bertz CT molecular complexity index is 523. The monoisotopic (exact) mass is 274 g/mol. The van der Waals surface area contributed by atoms with E-state index in [1.165, 1.54) is 6.33 Å². The summed E-state index contributed by atoms with van der Waals surface area (Å²) in [5, 5.41) is 9.16. The van der Waals surface area contributed by atoms with Crippen molar-refractivity contribution in [3.63, 3.8) is 0 Å². The van der Waals surface area contributed by atoms with Gasteiger partial charge < -0.3 is 10.1 Å². The summed E-state index contributed by atoms with van der Waals surface area (Å²) in [5.41, 5.74) is 0.590. The van der Waals surface area contributed by atoms with Crippen LogP contribution in [0.25, 0.3) is 0 Å². The van der Waals surface area contributed by atoms with Crippen molar-refractivity contribution in [1.82, 2.24) is 20.5 Å². The molecule has 1 aromatic carbocycles. The lowest BCUT2D eigenvalue weighted by Crippen LogP contribution is -2.23. The molecule has 0 aliphatic heterocycles. The Kier molecular flexibility index (Phi) is 5.11. The van der Waals surface area contributed by atoms with Crippen molar-refractivity contribution >= 4 is 5.91 Å². The number of aromatic amines is 1. The van der Waals surface area contributed by atoms with Crippen LogP contribution in [0.4, 0.5) is 0 Å². The van der Waals surface area contributed by atoms with Gasteiger partial charge in [0.15, 0.2) is 0 Å². The van der Waals surface area contributed by atoms with Gasteiger partial charge in [-0.25, -0.2) is 4.98 Å². The highest BCUT2D eigenvalue weighted by molar-refractivity contribution is 5.94. The molecule has 1 heterocycles. The Labute approximate surface area is 117 Å². The van der Waals surface area contributed by atoms with E-state index in [0.29, 0.717) is 24.5 Å². The van der Waals surface area contributed by atoms with E-state index in [4.69, 9.17) is 4.74 Å². The second-order valence-electron chi connectivity index (χ2n) is 4.34. The second kappa shape index (κ2) is 7.28. The lowest BCUT2D eigenvalue weighted by atomic mass is 10.2. The minimum atomic E-state index is -0.151. The summed E-state index contributed by atoms with van der Waals surface area (Å²) in [6, 6.07) is 7.10. The summed E-state index contributed by atoms with van der Waals surface area (Å²) < 4.78 is 5.55. The number of nitrogens with zero attached hydrogens (tertiary/aromatic N) is 2. The fourth-order valence-electron chi connectivity index (χ4n) is 1.62. The number of carbonyl (C=O) groups excluding carboxylic acids is 1. The average Bonchev–Trinajstić information content (AvgIpc) is 2.99. The number of amides is 1. The summed E-state index contributed by atoms with van der Waals surface area (Å²) in [6.07, 6.45) is 3.53. The normalized spacial score (nSPS) is 10.2. The number of unbranched alkanes of at least 4 members (excludes halogenated alkanes) is 1. The largest absolute Gasteiger partial charge is 0.494 e. The van der Waals surface area contributed by atoms with Gasteiger partial charge in [-0.1, -0.05) is 13.3 Å². The minimum absolute atomic E-state index is 0.151. The fraction of sp³-hybridized carbons (Fsp3) is 0.357. The zero-order chi connectivity index (χ0) is 14.2. The van der Waals surface area contributed by atoms with Crippen LogP contribution in [0.5, 0.6) is 5.75 Å². The molecule has 0 bridgehead atoms. The van der Waals surface area contributed by atoms with E-state index in [1.807, 2.05) is 0 Å². The summed E-state index contributed by atoms with van der Waals surface area (Å²) in [4.78, 5) is 15.8. The van der Waals surface area contributed by atoms with Crippen molar-refractivity contribution in [2.45, 2.75) is 26.3 Å². The predicted molar refractivity (Wildman–Crippen MR) is 74.4 cm³/mol. The molecule has 0 aliphatic carbocycles. The summed E-state index contributed by atoms with van der Waals surface area (Å²) in [5.74, 6) is 1.25. The molecular formula is C14H18N4O2. The molecule has 0 spiro atoms. The van der Waals surface area contributed by atoms with E-state index >= 15 is 0 Å². The summed E-state index contributed by atoms with van der Waals surface area (Å²) >= 11 is 0. The topological polar surface area (TPSA) is 79.9 Å². The molecule has 2 aromatic rings. The third kappa shape index (κ3) is 4.08. The van der Waals surface area contributed by atoms with Gasteiger partial charge in [-0.3, -0.25) is 9.89 Å². The maximum atomic E-state index is 11.9. The molecule has 0 unspecified atom stereocenters. The first kappa shape index (κ1) is 14.0. The molecule has 0 saturated carbocycles. The number of ether oxygens (including phenoxy) is 1. The quantitative estimate of drug-likeness (QED) is 0.756. The molecule has 6 nitrogen and oxygen atoms in total. The van der Waals surface area contributed by atoms with Gasteiger partial charge in [0.05, 0.1) is 13.2 Å². The maximum Gasteiger partial charge on any atom is 0.251 e. The summed E-state index contributed by atoms with van der Waals surface area (Å²) in [7, 11) is 0. The highest BCUT2D eigenvalue weighted by Crippen LogP contribution is 2.12. The Balaban J connectivity index is 1.84. The highest BCUT2D eigenvalue weighted by atomic mass is 16.5. The van der Waals surface area contributed by atoms with Crippen LogP contribution in [0.3, 0.4) is 0 Å². The van der Waals surface area contributed by atoms with Gasteiger partial charge in [-0.05, 0) is 30.7 Å². The maximum absolute atomic E-state index is 11.9. The molecule has 0 fully saturated rings. The molecular weight excluding hydrogens is 256 g/mol. The first-order chi connectivity index (χ1) is 9.79. The van der Waals surface area contributed by atoms with Gasteiger partial charge in [-0.2, -0.15) is 5.10 Å². The Morgan fingerprint density at radius 2 is 2.15 bits per heavy atom. The van der Waals surface area contributed by atoms with E-state index in [9.17, 15) is 4.79 Å². The van der Waals surface area contributed by atoms with Crippen LogP contribution in [-0.4, -0.2) is 27.7 Å². The molecule has 2 rings (SSSR count). The molecule has 6 heteroatoms. The van der Waals surface area contributed by atoms with Crippen LogP contribution >= 0.6 is 0 Å². The fourth-order valence-corrected chi connectivity index (χ4v) is 1.62. The number of benzene rings is 1. The average molecular weight is 274 g/mol. The first-order valence-corrected chi connectivity index (χ1v) is 6.65. The third-order valence-corrected chi connectivity index (χ3v) is 2.76. The van der Waals surface area contributed by atoms with Crippen molar-refractivity contribution in [3.8, 4) is 5.75 Å². The zero-order valence-electron chi connectivity index (χ0n) is 11.4. The van der Waals surface area contributed by atoms with E-state index in [2.05, 4.69) is 27.4 Å².